The third-order valence-electron chi connectivity index (χ3n) is 6.26. The van der Waals surface area contributed by atoms with Crippen LogP contribution in [0.4, 0.5) is 5.00 Å². The Morgan fingerprint density at radius 2 is 2.11 bits per heavy atom. The van der Waals surface area contributed by atoms with E-state index in [9.17, 15) is 14.4 Å². The smallest absolute Gasteiger partial charge is 0.341 e. The number of hydrogen-bond acceptors (Lipinski definition) is 7. The van der Waals surface area contributed by atoms with Crippen molar-refractivity contribution in [2.75, 3.05) is 11.9 Å². The van der Waals surface area contributed by atoms with Crippen molar-refractivity contribution in [3.8, 4) is 5.69 Å². The van der Waals surface area contributed by atoms with Crippen LogP contribution in [0.2, 0.25) is 5.02 Å². The van der Waals surface area contributed by atoms with Crippen LogP contribution in [-0.4, -0.2) is 38.0 Å². The quantitative estimate of drug-likeness (QED) is 0.372. The van der Waals surface area contributed by atoms with E-state index in [1.165, 1.54) is 16.0 Å². The molecule has 3 heterocycles. The molecule has 0 saturated heterocycles. The van der Waals surface area contributed by atoms with Gasteiger partial charge in [0.25, 0.3) is 5.56 Å². The third kappa shape index (κ3) is 4.10. The highest BCUT2D eigenvalue weighted by Gasteiger charge is 2.30. The SMILES string of the molecule is CCOC(=O)c1c(NC(=O)C(C)n2nc(C)c3cnn(-c4cccc(Cl)c4)c3c2=O)sc2c1CCC2. The Hall–Kier alpha value is -3.50. The van der Waals surface area contributed by atoms with E-state index >= 15 is 0 Å². The first-order valence-electron chi connectivity index (χ1n) is 11.7. The van der Waals surface area contributed by atoms with Gasteiger partial charge in [-0.3, -0.25) is 9.59 Å². The molecule has 36 heavy (non-hydrogen) atoms. The number of esters is 1. The first-order chi connectivity index (χ1) is 17.3. The molecule has 0 bridgehead atoms. The monoisotopic (exact) mass is 525 g/mol. The van der Waals surface area contributed by atoms with E-state index in [0.29, 0.717) is 37.9 Å². The van der Waals surface area contributed by atoms with Crippen molar-refractivity contribution in [2.24, 2.45) is 0 Å². The van der Waals surface area contributed by atoms with Gasteiger partial charge in [0.1, 0.15) is 16.6 Å². The van der Waals surface area contributed by atoms with Crippen molar-refractivity contribution >= 4 is 50.7 Å². The molecule has 3 aromatic heterocycles. The molecule has 1 aromatic carbocycles. The van der Waals surface area contributed by atoms with E-state index in [4.69, 9.17) is 16.3 Å². The Labute approximate surface area is 215 Å². The number of carbonyl (C=O) groups is 2. The van der Waals surface area contributed by atoms with Crippen LogP contribution in [0.25, 0.3) is 16.6 Å². The average Bonchev–Trinajstić information content (AvgIpc) is 3.56. The van der Waals surface area contributed by atoms with Crippen molar-refractivity contribution in [3.63, 3.8) is 0 Å². The van der Waals surface area contributed by atoms with Gasteiger partial charge < -0.3 is 10.1 Å². The molecule has 1 unspecified atom stereocenters. The second kappa shape index (κ2) is 9.51. The Morgan fingerprint density at radius 3 is 2.86 bits per heavy atom. The fourth-order valence-corrected chi connectivity index (χ4v) is 5.96. The normalized spacial score (nSPS) is 13.6. The average molecular weight is 526 g/mol. The zero-order chi connectivity index (χ0) is 25.6. The van der Waals surface area contributed by atoms with Crippen molar-refractivity contribution in [1.82, 2.24) is 19.6 Å². The number of carbonyl (C=O) groups excluding carboxylic acids is 2. The number of fused-ring (bicyclic) bond motifs is 2. The summed E-state index contributed by atoms with van der Waals surface area (Å²) >= 11 is 7.53. The van der Waals surface area contributed by atoms with Crippen LogP contribution >= 0.6 is 22.9 Å². The summed E-state index contributed by atoms with van der Waals surface area (Å²) in [6, 6.07) is 6.06. The van der Waals surface area contributed by atoms with Gasteiger partial charge in [-0.2, -0.15) is 10.2 Å². The van der Waals surface area contributed by atoms with Crippen molar-refractivity contribution in [3.05, 3.63) is 67.5 Å². The summed E-state index contributed by atoms with van der Waals surface area (Å²) < 4.78 is 7.90. The molecule has 4 aromatic rings. The number of aromatic nitrogens is 4. The Kier molecular flexibility index (Phi) is 6.40. The molecule has 11 heteroatoms. The van der Waals surface area contributed by atoms with Crippen molar-refractivity contribution in [2.45, 2.75) is 46.1 Å². The minimum absolute atomic E-state index is 0.242. The molecular weight excluding hydrogens is 502 g/mol. The third-order valence-corrected chi connectivity index (χ3v) is 7.71. The van der Waals surface area contributed by atoms with Gasteiger partial charge in [0.05, 0.1) is 29.7 Å². The van der Waals surface area contributed by atoms with Gasteiger partial charge in [-0.25, -0.2) is 14.2 Å². The molecule has 1 aliphatic rings. The summed E-state index contributed by atoms with van der Waals surface area (Å²) in [5.74, 6) is -0.902. The molecule has 9 nitrogen and oxygen atoms in total. The second-order valence-corrected chi connectivity index (χ2v) is 10.1. The molecule has 186 valence electrons. The predicted molar refractivity (Wildman–Crippen MR) is 139 cm³/mol. The highest BCUT2D eigenvalue weighted by molar-refractivity contribution is 7.17. The molecule has 0 radical (unpaired) electrons. The summed E-state index contributed by atoms with van der Waals surface area (Å²) in [6.45, 7) is 5.34. The molecule has 0 aliphatic heterocycles. The minimum atomic E-state index is -0.949. The molecule has 1 N–H and O–H groups in total. The van der Waals surface area contributed by atoms with E-state index in [2.05, 4.69) is 15.5 Å². The van der Waals surface area contributed by atoms with E-state index in [1.807, 2.05) is 0 Å². The summed E-state index contributed by atoms with van der Waals surface area (Å²) in [7, 11) is 0. The fourth-order valence-electron chi connectivity index (χ4n) is 4.49. The van der Waals surface area contributed by atoms with Crippen LogP contribution in [0.15, 0.2) is 35.3 Å². The van der Waals surface area contributed by atoms with Crippen molar-refractivity contribution in [1.29, 1.82) is 0 Å². The number of nitrogens with one attached hydrogen (secondary N) is 1. The number of amides is 1. The maximum Gasteiger partial charge on any atom is 0.341 e. The van der Waals surface area contributed by atoms with Gasteiger partial charge >= 0.3 is 5.97 Å². The fraction of sp³-hybridized carbons (Fsp3) is 0.320. The molecule has 1 atom stereocenters. The van der Waals surface area contributed by atoms with Crippen LogP contribution in [-0.2, 0) is 22.4 Å². The van der Waals surface area contributed by atoms with Gasteiger partial charge in [0.2, 0.25) is 5.91 Å². The van der Waals surface area contributed by atoms with E-state index in [-0.39, 0.29) is 6.61 Å². The lowest BCUT2D eigenvalue weighted by Gasteiger charge is -2.16. The van der Waals surface area contributed by atoms with Gasteiger partial charge in [0.15, 0.2) is 0 Å². The molecule has 1 amide bonds. The topological polar surface area (TPSA) is 108 Å². The number of rotatable bonds is 6. The highest BCUT2D eigenvalue weighted by atomic mass is 35.5. The lowest BCUT2D eigenvalue weighted by molar-refractivity contribution is -0.119. The number of nitrogens with zero attached hydrogens (tertiary/aromatic N) is 4. The number of benzene rings is 1. The number of anilines is 1. The van der Waals surface area contributed by atoms with Crippen LogP contribution < -0.4 is 10.9 Å². The number of hydrogen-bond donors (Lipinski definition) is 1. The molecule has 1 aliphatic carbocycles. The molecule has 5 rings (SSSR count). The Balaban J connectivity index is 1.52. The minimum Gasteiger partial charge on any atom is -0.462 e. The van der Waals surface area contributed by atoms with E-state index < -0.39 is 23.5 Å². The molecule has 0 spiro atoms. The first kappa shape index (κ1) is 24.2. The zero-order valence-corrected chi connectivity index (χ0v) is 21.6. The van der Waals surface area contributed by atoms with Crippen LogP contribution in [0.3, 0.4) is 0 Å². The van der Waals surface area contributed by atoms with Crippen LogP contribution in [0.1, 0.15) is 52.8 Å². The van der Waals surface area contributed by atoms with Gasteiger partial charge in [-0.15, -0.1) is 11.3 Å². The summed E-state index contributed by atoms with van der Waals surface area (Å²) in [6.07, 6.45) is 4.18. The van der Waals surface area contributed by atoms with Crippen LogP contribution in [0, 0.1) is 6.92 Å². The highest BCUT2D eigenvalue weighted by Crippen LogP contribution is 2.39. The number of thiophene rings is 1. The second-order valence-electron chi connectivity index (χ2n) is 8.58. The predicted octanol–water partition coefficient (Wildman–Crippen LogP) is 4.47. The number of aryl methyl sites for hydroxylation is 2. The van der Waals surface area contributed by atoms with Gasteiger partial charge in [-0.1, -0.05) is 17.7 Å². The Morgan fingerprint density at radius 1 is 1.31 bits per heavy atom. The standard InChI is InChI=1S/C25H24ClN5O4S/c1-4-35-25(34)20-17-9-6-10-19(17)36-23(20)28-22(32)14(3)30-24(33)21-18(13(2)29-30)12-27-31(21)16-8-5-7-15(26)11-16/h5,7-8,11-12,14H,4,6,9-10H2,1-3H3,(H,28,32). The zero-order valence-electron chi connectivity index (χ0n) is 20.0. The molecule has 0 saturated carbocycles. The largest absolute Gasteiger partial charge is 0.462 e. The summed E-state index contributed by atoms with van der Waals surface area (Å²) in [4.78, 5) is 40.6. The molecule has 0 fully saturated rings. The lowest BCUT2D eigenvalue weighted by Crippen LogP contribution is -2.34. The van der Waals surface area contributed by atoms with E-state index in [0.717, 1.165) is 34.4 Å². The molecular formula is C25H24ClN5O4S. The van der Waals surface area contributed by atoms with Crippen LogP contribution in [0.5, 0.6) is 0 Å². The van der Waals surface area contributed by atoms with Gasteiger partial charge in [0, 0.05) is 15.3 Å². The lowest BCUT2D eigenvalue weighted by atomic mass is 10.1. The number of halogens is 1. The maximum absolute atomic E-state index is 13.5. The summed E-state index contributed by atoms with van der Waals surface area (Å²) in [5.41, 5.74) is 2.37. The maximum atomic E-state index is 13.5. The van der Waals surface area contributed by atoms with E-state index in [1.54, 1.807) is 51.2 Å². The first-order valence-corrected chi connectivity index (χ1v) is 12.8. The van der Waals surface area contributed by atoms with Crippen molar-refractivity contribution < 1.29 is 14.3 Å². The number of ether oxygens (including phenoxy) is 1. The Bertz CT molecular complexity index is 1570. The summed E-state index contributed by atoms with van der Waals surface area (Å²) in [5, 5.41) is 13.2. The van der Waals surface area contributed by atoms with Gasteiger partial charge in [-0.05, 0) is 63.8 Å².